The number of primary amides is 1. The maximum atomic E-state index is 13.3. The Bertz CT molecular complexity index is 1350. The van der Waals surface area contributed by atoms with E-state index in [1.54, 1.807) is 24.3 Å². The zero-order valence-electron chi connectivity index (χ0n) is 21.3. The van der Waals surface area contributed by atoms with Crippen LogP contribution < -0.4 is 16.4 Å². The second-order valence-corrected chi connectivity index (χ2v) is 10.3. The van der Waals surface area contributed by atoms with Crippen LogP contribution >= 0.6 is 11.6 Å². The maximum absolute atomic E-state index is 13.3. The first-order valence-corrected chi connectivity index (χ1v) is 12.7. The molecule has 3 aromatic rings. The van der Waals surface area contributed by atoms with Gasteiger partial charge in [-0.25, -0.2) is 9.37 Å². The van der Waals surface area contributed by atoms with E-state index in [1.807, 2.05) is 0 Å². The van der Waals surface area contributed by atoms with Crippen molar-refractivity contribution in [2.45, 2.75) is 38.6 Å². The lowest BCUT2D eigenvalue weighted by Gasteiger charge is -2.41. The Morgan fingerprint density at radius 2 is 1.74 bits per heavy atom. The lowest BCUT2D eigenvalue weighted by Crippen LogP contribution is -2.53. The van der Waals surface area contributed by atoms with Gasteiger partial charge in [0.2, 0.25) is 0 Å². The SMILES string of the molecule is CC(C)(CNC(=O)c1c(C(N)=O)ncn1-c1ccc(NC(=O)c2ccc(F)cc2Cl)cc1)N1CCCCC1. The third kappa shape index (κ3) is 6.03. The molecule has 2 heterocycles. The van der Waals surface area contributed by atoms with E-state index in [1.165, 1.54) is 23.4 Å². The lowest BCUT2D eigenvalue weighted by molar-refractivity contribution is 0.0790. The van der Waals surface area contributed by atoms with E-state index in [-0.39, 0.29) is 27.5 Å². The standard InChI is InChI=1S/C27H30ClFN6O3/c1-27(2,34-12-4-3-5-13-34)15-31-26(38)23-22(24(30)36)32-16-35(23)19-9-7-18(8-10-19)33-25(37)20-11-6-17(29)14-21(20)28/h6-11,14,16H,3-5,12-13,15H2,1-2H3,(H2,30,36)(H,31,38)(H,33,37). The van der Waals surface area contributed by atoms with Crippen LogP contribution in [0.15, 0.2) is 48.8 Å². The van der Waals surface area contributed by atoms with Gasteiger partial charge < -0.3 is 16.4 Å². The molecule has 0 atom stereocenters. The van der Waals surface area contributed by atoms with Crippen molar-refractivity contribution in [3.8, 4) is 5.69 Å². The third-order valence-corrected chi connectivity index (χ3v) is 7.00. The molecule has 1 saturated heterocycles. The summed E-state index contributed by atoms with van der Waals surface area (Å²) in [5.74, 6) is -2.33. The van der Waals surface area contributed by atoms with Gasteiger partial charge in [-0.05, 0) is 82.2 Å². The van der Waals surface area contributed by atoms with Crippen molar-refractivity contribution in [2.75, 3.05) is 25.0 Å². The first-order valence-electron chi connectivity index (χ1n) is 12.3. The molecule has 38 heavy (non-hydrogen) atoms. The van der Waals surface area contributed by atoms with Gasteiger partial charge >= 0.3 is 0 Å². The number of imidazole rings is 1. The van der Waals surface area contributed by atoms with Crippen molar-refractivity contribution in [2.24, 2.45) is 5.73 Å². The lowest BCUT2D eigenvalue weighted by atomic mass is 9.98. The fraction of sp³-hybridized carbons (Fsp3) is 0.333. The van der Waals surface area contributed by atoms with Crippen LogP contribution in [-0.4, -0.2) is 57.3 Å². The van der Waals surface area contributed by atoms with E-state index in [4.69, 9.17) is 17.3 Å². The predicted molar refractivity (Wildman–Crippen MR) is 143 cm³/mol. The van der Waals surface area contributed by atoms with Gasteiger partial charge in [-0.15, -0.1) is 0 Å². The highest BCUT2D eigenvalue weighted by Gasteiger charge is 2.30. The summed E-state index contributed by atoms with van der Waals surface area (Å²) < 4.78 is 14.8. The Morgan fingerprint density at radius 3 is 2.37 bits per heavy atom. The average molecular weight is 541 g/mol. The number of rotatable bonds is 8. The molecule has 0 spiro atoms. The molecule has 0 radical (unpaired) electrons. The summed E-state index contributed by atoms with van der Waals surface area (Å²) in [7, 11) is 0. The molecule has 4 N–H and O–H groups in total. The van der Waals surface area contributed by atoms with Gasteiger partial charge in [0.1, 0.15) is 17.8 Å². The van der Waals surface area contributed by atoms with Gasteiger partial charge in [0.15, 0.2) is 5.69 Å². The first-order chi connectivity index (χ1) is 18.1. The number of anilines is 1. The number of halogens is 2. The number of piperidine rings is 1. The van der Waals surface area contributed by atoms with Crippen LogP contribution in [0.25, 0.3) is 5.69 Å². The Hall–Kier alpha value is -3.76. The summed E-state index contributed by atoms with van der Waals surface area (Å²) in [6, 6.07) is 10.1. The number of nitrogens with one attached hydrogen (secondary N) is 2. The van der Waals surface area contributed by atoms with E-state index in [9.17, 15) is 18.8 Å². The van der Waals surface area contributed by atoms with E-state index >= 15 is 0 Å². The Morgan fingerprint density at radius 1 is 1.05 bits per heavy atom. The Kier molecular flexibility index (Phi) is 8.13. The minimum Gasteiger partial charge on any atom is -0.364 e. The highest BCUT2D eigenvalue weighted by atomic mass is 35.5. The van der Waals surface area contributed by atoms with Crippen LogP contribution in [0.5, 0.6) is 0 Å². The normalized spacial score (nSPS) is 14.2. The highest BCUT2D eigenvalue weighted by Crippen LogP contribution is 2.23. The predicted octanol–water partition coefficient (Wildman–Crippen LogP) is 4.01. The van der Waals surface area contributed by atoms with Crippen LogP contribution in [0.2, 0.25) is 5.02 Å². The first kappa shape index (κ1) is 27.3. The van der Waals surface area contributed by atoms with E-state index in [0.717, 1.165) is 38.1 Å². The van der Waals surface area contributed by atoms with Gasteiger partial charge in [0, 0.05) is 23.5 Å². The van der Waals surface area contributed by atoms with Gasteiger partial charge in [0.25, 0.3) is 17.7 Å². The minimum atomic E-state index is -0.816. The number of amides is 3. The Labute approximate surface area is 225 Å². The smallest absolute Gasteiger partial charge is 0.270 e. The van der Waals surface area contributed by atoms with Crippen LogP contribution in [0.1, 0.15) is 64.4 Å². The second kappa shape index (κ2) is 11.3. The molecule has 1 aromatic heterocycles. The number of likely N-dealkylation sites (tertiary alicyclic amines) is 1. The monoisotopic (exact) mass is 540 g/mol. The quantitative estimate of drug-likeness (QED) is 0.398. The molecule has 0 bridgehead atoms. The van der Waals surface area contributed by atoms with Crippen LogP contribution in [0.4, 0.5) is 10.1 Å². The van der Waals surface area contributed by atoms with Crippen LogP contribution in [0, 0.1) is 5.82 Å². The summed E-state index contributed by atoms with van der Waals surface area (Å²) in [4.78, 5) is 44.3. The molecule has 1 aliphatic rings. The molecule has 0 unspecified atom stereocenters. The second-order valence-electron chi connectivity index (χ2n) is 9.84. The Balaban J connectivity index is 1.51. The largest absolute Gasteiger partial charge is 0.364 e. The molecule has 0 saturated carbocycles. The van der Waals surface area contributed by atoms with Crippen LogP contribution in [0.3, 0.4) is 0 Å². The van der Waals surface area contributed by atoms with Gasteiger partial charge in [-0.1, -0.05) is 18.0 Å². The van der Waals surface area contributed by atoms with Gasteiger partial charge in [0.05, 0.1) is 10.6 Å². The van der Waals surface area contributed by atoms with Crippen molar-refractivity contribution in [3.05, 3.63) is 76.6 Å². The molecule has 2 aromatic carbocycles. The summed E-state index contributed by atoms with van der Waals surface area (Å²) in [5.41, 5.74) is 6.25. The molecule has 9 nitrogen and oxygen atoms in total. The summed E-state index contributed by atoms with van der Waals surface area (Å²) in [6.07, 6.45) is 4.83. The van der Waals surface area contributed by atoms with Gasteiger partial charge in [-0.3, -0.25) is 23.9 Å². The zero-order valence-corrected chi connectivity index (χ0v) is 22.0. The topological polar surface area (TPSA) is 122 Å². The summed E-state index contributed by atoms with van der Waals surface area (Å²) >= 11 is 5.98. The van der Waals surface area contributed by atoms with E-state index in [0.29, 0.717) is 17.9 Å². The maximum Gasteiger partial charge on any atom is 0.270 e. The molecule has 0 aliphatic carbocycles. The average Bonchev–Trinajstić information content (AvgIpc) is 3.34. The molecule has 4 rings (SSSR count). The number of carbonyl (C=O) groups is 3. The van der Waals surface area contributed by atoms with Crippen molar-refractivity contribution in [1.82, 2.24) is 19.8 Å². The van der Waals surface area contributed by atoms with E-state index < -0.39 is 23.5 Å². The fourth-order valence-corrected chi connectivity index (χ4v) is 4.76. The highest BCUT2D eigenvalue weighted by molar-refractivity contribution is 6.34. The van der Waals surface area contributed by atoms with Crippen molar-refractivity contribution in [3.63, 3.8) is 0 Å². The number of hydrogen-bond donors (Lipinski definition) is 3. The van der Waals surface area contributed by atoms with Gasteiger partial charge in [-0.2, -0.15) is 0 Å². The number of nitrogens with zero attached hydrogens (tertiary/aromatic N) is 3. The molecule has 11 heteroatoms. The van der Waals surface area contributed by atoms with Crippen molar-refractivity contribution in [1.29, 1.82) is 0 Å². The van der Waals surface area contributed by atoms with Crippen molar-refractivity contribution >= 4 is 35.0 Å². The van der Waals surface area contributed by atoms with Crippen LogP contribution in [-0.2, 0) is 0 Å². The molecule has 3 amide bonds. The summed E-state index contributed by atoms with van der Waals surface area (Å²) in [5, 5.41) is 5.64. The van der Waals surface area contributed by atoms with E-state index in [2.05, 4.69) is 34.4 Å². The number of carbonyl (C=O) groups excluding carboxylic acids is 3. The number of nitrogens with two attached hydrogens (primary N) is 1. The molecule has 1 fully saturated rings. The molecule has 200 valence electrons. The zero-order chi connectivity index (χ0) is 27.4. The summed E-state index contributed by atoms with van der Waals surface area (Å²) in [6.45, 7) is 6.49. The molecular weight excluding hydrogens is 511 g/mol. The third-order valence-electron chi connectivity index (χ3n) is 6.69. The fourth-order valence-electron chi connectivity index (χ4n) is 4.51. The number of aromatic nitrogens is 2. The van der Waals surface area contributed by atoms with Crippen molar-refractivity contribution < 1.29 is 18.8 Å². The number of hydrogen-bond acceptors (Lipinski definition) is 5. The number of benzene rings is 2. The molecular formula is C27H30ClFN6O3. The molecule has 1 aliphatic heterocycles. The minimum absolute atomic E-state index is 0.00404.